The molecule has 3 rings (SSSR count). The van der Waals surface area contributed by atoms with E-state index in [2.05, 4.69) is 10.3 Å². The third kappa shape index (κ3) is 4.86. The van der Waals surface area contributed by atoms with Crippen LogP contribution in [-0.4, -0.2) is 31.7 Å². The van der Waals surface area contributed by atoms with Crippen LogP contribution in [0.15, 0.2) is 47.8 Å². The lowest BCUT2D eigenvalue weighted by atomic mass is 10.1. The number of hydrogen-bond donors (Lipinski definition) is 1. The molecule has 1 aromatic heterocycles. The molecule has 0 bridgehead atoms. The quantitative estimate of drug-likeness (QED) is 0.624. The molecule has 0 aliphatic rings. The molecule has 1 amide bonds. The van der Waals surface area contributed by atoms with Crippen LogP contribution in [0, 0.1) is 5.82 Å². The summed E-state index contributed by atoms with van der Waals surface area (Å²) in [6, 6.07) is 11.9. The number of methoxy groups -OCH3 is 2. The molecule has 2 aromatic carbocycles. The molecule has 0 aliphatic heterocycles. The minimum atomic E-state index is -0.264. The average molecular weight is 400 g/mol. The minimum Gasteiger partial charge on any atom is -0.493 e. The summed E-state index contributed by atoms with van der Waals surface area (Å²) in [6.45, 7) is 0.491. The number of thiazole rings is 1. The van der Waals surface area contributed by atoms with Crippen LogP contribution in [0.1, 0.15) is 11.3 Å². The Morgan fingerprint density at radius 2 is 1.93 bits per heavy atom. The summed E-state index contributed by atoms with van der Waals surface area (Å²) in [5, 5.41) is 5.51. The number of nitrogens with zero attached hydrogens (tertiary/aromatic N) is 1. The maximum Gasteiger partial charge on any atom is 0.226 e. The first-order valence-corrected chi connectivity index (χ1v) is 9.65. The van der Waals surface area contributed by atoms with Gasteiger partial charge in [0.1, 0.15) is 10.8 Å². The van der Waals surface area contributed by atoms with Crippen molar-refractivity contribution < 1.29 is 18.7 Å². The Morgan fingerprint density at radius 3 is 2.64 bits per heavy atom. The second-order valence-corrected chi connectivity index (χ2v) is 6.95. The van der Waals surface area contributed by atoms with Crippen molar-refractivity contribution in [1.82, 2.24) is 10.3 Å². The number of aromatic nitrogens is 1. The molecule has 0 unspecified atom stereocenters. The highest BCUT2D eigenvalue weighted by atomic mass is 32.1. The number of para-hydroxylation sites is 1. The van der Waals surface area contributed by atoms with Crippen LogP contribution in [0.25, 0.3) is 10.6 Å². The van der Waals surface area contributed by atoms with E-state index in [9.17, 15) is 9.18 Å². The van der Waals surface area contributed by atoms with Crippen LogP contribution >= 0.6 is 11.3 Å². The molecule has 0 fully saturated rings. The van der Waals surface area contributed by atoms with Gasteiger partial charge in [0, 0.05) is 11.9 Å². The van der Waals surface area contributed by atoms with E-state index in [0.29, 0.717) is 30.2 Å². The zero-order chi connectivity index (χ0) is 19.9. The smallest absolute Gasteiger partial charge is 0.226 e. The van der Waals surface area contributed by atoms with E-state index in [1.54, 1.807) is 26.4 Å². The van der Waals surface area contributed by atoms with Gasteiger partial charge in [0.25, 0.3) is 0 Å². The zero-order valence-electron chi connectivity index (χ0n) is 15.7. The Balaban J connectivity index is 1.58. The standard InChI is InChI=1S/C21H21FN2O3S/c1-26-18-5-3-4-17(20(18)27-2)21-24-16(13-28-21)12-19(25)23-11-10-14-6-8-15(22)9-7-14/h3-9,13H,10-12H2,1-2H3,(H,23,25). The first-order valence-electron chi connectivity index (χ1n) is 8.77. The van der Waals surface area contributed by atoms with E-state index in [1.165, 1.54) is 23.5 Å². The van der Waals surface area contributed by atoms with Crippen molar-refractivity contribution in [1.29, 1.82) is 0 Å². The number of rotatable bonds is 8. The largest absolute Gasteiger partial charge is 0.493 e. The van der Waals surface area contributed by atoms with Crippen LogP contribution in [-0.2, 0) is 17.6 Å². The highest BCUT2D eigenvalue weighted by Gasteiger charge is 2.15. The molecule has 1 heterocycles. The van der Waals surface area contributed by atoms with Gasteiger partial charge in [0.15, 0.2) is 11.5 Å². The maximum absolute atomic E-state index is 12.9. The van der Waals surface area contributed by atoms with Crippen LogP contribution in [0.5, 0.6) is 11.5 Å². The monoisotopic (exact) mass is 400 g/mol. The van der Waals surface area contributed by atoms with Gasteiger partial charge in [-0.05, 0) is 36.2 Å². The number of ether oxygens (including phenoxy) is 2. The summed E-state index contributed by atoms with van der Waals surface area (Å²) < 4.78 is 23.7. The highest BCUT2D eigenvalue weighted by molar-refractivity contribution is 7.13. The van der Waals surface area contributed by atoms with Gasteiger partial charge in [-0.25, -0.2) is 9.37 Å². The van der Waals surface area contributed by atoms with E-state index < -0.39 is 0 Å². The molecule has 0 saturated carbocycles. The molecule has 0 atom stereocenters. The van der Waals surface area contributed by atoms with Gasteiger partial charge in [-0.15, -0.1) is 11.3 Å². The van der Waals surface area contributed by atoms with Gasteiger partial charge >= 0.3 is 0 Å². The highest BCUT2D eigenvalue weighted by Crippen LogP contribution is 2.38. The van der Waals surface area contributed by atoms with Crippen LogP contribution in [0.3, 0.4) is 0 Å². The number of carbonyl (C=O) groups excluding carboxylic acids is 1. The normalized spacial score (nSPS) is 10.5. The molecule has 0 spiro atoms. The Labute approximate surface area is 167 Å². The molecule has 3 aromatic rings. The van der Waals surface area contributed by atoms with Gasteiger partial charge in [-0.3, -0.25) is 4.79 Å². The topological polar surface area (TPSA) is 60.5 Å². The lowest BCUT2D eigenvalue weighted by molar-refractivity contribution is -0.120. The summed E-state index contributed by atoms with van der Waals surface area (Å²) in [6.07, 6.45) is 0.849. The number of hydrogen-bond acceptors (Lipinski definition) is 5. The third-order valence-corrected chi connectivity index (χ3v) is 5.10. The maximum atomic E-state index is 12.9. The van der Waals surface area contributed by atoms with Crippen molar-refractivity contribution in [2.24, 2.45) is 0 Å². The fraction of sp³-hybridized carbons (Fsp3) is 0.238. The minimum absolute atomic E-state index is 0.100. The molecule has 7 heteroatoms. The van der Waals surface area contributed by atoms with E-state index in [-0.39, 0.29) is 18.1 Å². The number of carbonyl (C=O) groups is 1. The fourth-order valence-electron chi connectivity index (χ4n) is 2.79. The molecular weight excluding hydrogens is 379 g/mol. The third-order valence-electron chi connectivity index (χ3n) is 4.18. The first kappa shape index (κ1) is 19.8. The zero-order valence-corrected chi connectivity index (χ0v) is 16.5. The first-order chi connectivity index (χ1) is 13.6. The summed E-state index contributed by atoms with van der Waals surface area (Å²) in [5.41, 5.74) is 2.50. The van der Waals surface area contributed by atoms with Crippen molar-refractivity contribution in [2.45, 2.75) is 12.8 Å². The Hall–Kier alpha value is -2.93. The second-order valence-electron chi connectivity index (χ2n) is 6.09. The van der Waals surface area contributed by atoms with Crippen LogP contribution in [0.2, 0.25) is 0 Å². The molecule has 0 aliphatic carbocycles. The Morgan fingerprint density at radius 1 is 1.14 bits per heavy atom. The van der Waals surface area contributed by atoms with Crippen LogP contribution in [0.4, 0.5) is 4.39 Å². The molecule has 0 saturated heterocycles. The van der Waals surface area contributed by atoms with Gasteiger partial charge < -0.3 is 14.8 Å². The predicted octanol–water partition coefficient (Wildman–Crippen LogP) is 3.87. The van der Waals surface area contributed by atoms with E-state index in [1.807, 2.05) is 23.6 Å². The summed E-state index contributed by atoms with van der Waals surface area (Å²) in [7, 11) is 3.18. The van der Waals surface area contributed by atoms with Crippen molar-refractivity contribution >= 4 is 17.2 Å². The van der Waals surface area contributed by atoms with Crippen molar-refractivity contribution in [3.8, 4) is 22.1 Å². The van der Waals surface area contributed by atoms with Gasteiger partial charge in [0.05, 0.1) is 31.9 Å². The van der Waals surface area contributed by atoms with E-state index >= 15 is 0 Å². The summed E-state index contributed by atoms with van der Waals surface area (Å²) >= 11 is 1.45. The fourth-order valence-corrected chi connectivity index (χ4v) is 3.63. The van der Waals surface area contributed by atoms with E-state index in [4.69, 9.17) is 9.47 Å². The van der Waals surface area contributed by atoms with Gasteiger partial charge in [-0.1, -0.05) is 18.2 Å². The van der Waals surface area contributed by atoms with Crippen LogP contribution < -0.4 is 14.8 Å². The Bertz CT molecular complexity index is 941. The molecule has 28 heavy (non-hydrogen) atoms. The lowest BCUT2D eigenvalue weighted by Crippen LogP contribution is -2.27. The van der Waals surface area contributed by atoms with Crippen molar-refractivity contribution in [3.05, 3.63) is 64.9 Å². The Kier molecular flexibility index (Phi) is 6.60. The summed E-state index contributed by atoms with van der Waals surface area (Å²) in [4.78, 5) is 16.7. The average Bonchev–Trinajstić information content (AvgIpc) is 3.17. The number of nitrogens with one attached hydrogen (secondary N) is 1. The predicted molar refractivity (Wildman–Crippen MR) is 107 cm³/mol. The lowest BCUT2D eigenvalue weighted by Gasteiger charge is -2.10. The molecular formula is C21H21FN2O3S. The van der Waals surface area contributed by atoms with Gasteiger partial charge in [-0.2, -0.15) is 0 Å². The molecule has 0 radical (unpaired) electrons. The molecule has 146 valence electrons. The number of benzene rings is 2. The number of halogens is 1. The van der Waals surface area contributed by atoms with Crippen molar-refractivity contribution in [3.63, 3.8) is 0 Å². The second kappa shape index (κ2) is 9.32. The van der Waals surface area contributed by atoms with E-state index in [0.717, 1.165) is 16.1 Å². The van der Waals surface area contributed by atoms with Gasteiger partial charge in [0.2, 0.25) is 5.91 Å². The SMILES string of the molecule is COc1cccc(-c2nc(CC(=O)NCCc3ccc(F)cc3)cs2)c1OC. The molecule has 1 N–H and O–H groups in total. The van der Waals surface area contributed by atoms with Crippen molar-refractivity contribution in [2.75, 3.05) is 20.8 Å². The number of amides is 1. The molecule has 5 nitrogen and oxygen atoms in total. The summed E-state index contributed by atoms with van der Waals surface area (Å²) in [5.74, 6) is 0.890.